The predicted molar refractivity (Wildman–Crippen MR) is 120 cm³/mol. The SMILES string of the molecule is c1ccc(CN2c3ccccc3-c3nc4ccccc4n3C2c2cccs2)cc1. The second kappa shape index (κ2) is 6.61. The van der Waals surface area contributed by atoms with Crippen LogP contribution in [0.2, 0.25) is 0 Å². The Morgan fingerprint density at radius 2 is 1.59 bits per heavy atom. The third kappa shape index (κ3) is 2.60. The van der Waals surface area contributed by atoms with Gasteiger partial charge in [0.05, 0.1) is 11.0 Å². The van der Waals surface area contributed by atoms with Crippen molar-refractivity contribution < 1.29 is 0 Å². The van der Waals surface area contributed by atoms with Gasteiger partial charge in [-0.25, -0.2) is 4.98 Å². The Labute approximate surface area is 173 Å². The highest BCUT2D eigenvalue weighted by Gasteiger charge is 2.34. The van der Waals surface area contributed by atoms with Gasteiger partial charge in [0.25, 0.3) is 0 Å². The van der Waals surface area contributed by atoms with E-state index >= 15 is 0 Å². The average Bonchev–Trinajstić information content (AvgIpc) is 3.43. The first-order chi connectivity index (χ1) is 14.4. The molecule has 1 unspecified atom stereocenters. The zero-order valence-electron chi connectivity index (χ0n) is 15.8. The van der Waals surface area contributed by atoms with Crippen LogP contribution in [0.3, 0.4) is 0 Å². The van der Waals surface area contributed by atoms with Crippen LogP contribution in [0.25, 0.3) is 22.4 Å². The Hall–Kier alpha value is -3.37. The van der Waals surface area contributed by atoms with E-state index in [-0.39, 0.29) is 6.17 Å². The number of aromatic nitrogens is 2. The molecule has 3 nitrogen and oxygen atoms in total. The summed E-state index contributed by atoms with van der Waals surface area (Å²) in [5.74, 6) is 1.05. The van der Waals surface area contributed by atoms with Gasteiger partial charge in [-0.1, -0.05) is 60.7 Å². The molecular formula is C25H19N3S. The molecule has 0 N–H and O–H groups in total. The van der Waals surface area contributed by atoms with Gasteiger partial charge in [-0.2, -0.15) is 0 Å². The molecule has 6 rings (SSSR count). The van der Waals surface area contributed by atoms with Crippen LogP contribution in [0, 0.1) is 0 Å². The Balaban J connectivity index is 1.64. The number of fused-ring (bicyclic) bond motifs is 5. The number of thiophene rings is 1. The summed E-state index contributed by atoms with van der Waals surface area (Å²) in [5, 5.41) is 2.16. The molecule has 0 spiro atoms. The van der Waals surface area contributed by atoms with Crippen molar-refractivity contribution in [3.63, 3.8) is 0 Å². The van der Waals surface area contributed by atoms with E-state index in [1.807, 2.05) is 0 Å². The van der Waals surface area contributed by atoms with Gasteiger partial charge in [-0.05, 0) is 41.3 Å². The number of imidazole rings is 1. The summed E-state index contributed by atoms with van der Waals surface area (Å²) in [7, 11) is 0. The summed E-state index contributed by atoms with van der Waals surface area (Å²) >= 11 is 1.80. The topological polar surface area (TPSA) is 21.1 Å². The molecule has 5 aromatic rings. The minimum absolute atomic E-state index is 0.0764. The van der Waals surface area contributed by atoms with Gasteiger partial charge in [0.1, 0.15) is 12.0 Å². The molecule has 0 radical (unpaired) electrons. The molecule has 140 valence electrons. The Morgan fingerprint density at radius 3 is 2.45 bits per heavy atom. The van der Waals surface area contributed by atoms with Crippen molar-refractivity contribution in [2.75, 3.05) is 4.90 Å². The maximum atomic E-state index is 5.04. The zero-order valence-corrected chi connectivity index (χ0v) is 16.6. The Morgan fingerprint density at radius 1 is 0.793 bits per heavy atom. The number of hydrogen-bond acceptors (Lipinski definition) is 3. The van der Waals surface area contributed by atoms with E-state index in [2.05, 4.69) is 106 Å². The summed E-state index contributed by atoms with van der Waals surface area (Å²) < 4.78 is 2.41. The van der Waals surface area contributed by atoms with Crippen molar-refractivity contribution in [3.05, 3.63) is 107 Å². The number of para-hydroxylation sites is 3. The molecule has 0 amide bonds. The smallest absolute Gasteiger partial charge is 0.145 e. The maximum Gasteiger partial charge on any atom is 0.145 e. The van der Waals surface area contributed by atoms with Crippen LogP contribution in [0.5, 0.6) is 0 Å². The molecule has 0 saturated heterocycles. The van der Waals surface area contributed by atoms with Gasteiger partial charge in [0, 0.05) is 22.7 Å². The number of rotatable bonds is 3. The molecule has 29 heavy (non-hydrogen) atoms. The average molecular weight is 394 g/mol. The van der Waals surface area contributed by atoms with E-state index < -0.39 is 0 Å². The van der Waals surface area contributed by atoms with Crippen molar-refractivity contribution in [1.82, 2.24) is 9.55 Å². The molecular weight excluding hydrogens is 374 g/mol. The Kier molecular flexibility index (Phi) is 3.77. The predicted octanol–water partition coefficient (Wildman–Crippen LogP) is 6.33. The molecule has 3 heterocycles. The molecule has 0 aliphatic carbocycles. The van der Waals surface area contributed by atoms with Gasteiger partial charge >= 0.3 is 0 Å². The van der Waals surface area contributed by atoms with Gasteiger partial charge in [0.15, 0.2) is 0 Å². The van der Waals surface area contributed by atoms with Crippen LogP contribution in [-0.4, -0.2) is 9.55 Å². The molecule has 0 saturated carbocycles. The van der Waals surface area contributed by atoms with E-state index in [1.165, 1.54) is 27.2 Å². The van der Waals surface area contributed by atoms with Crippen molar-refractivity contribution >= 4 is 28.1 Å². The highest BCUT2D eigenvalue weighted by atomic mass is 32.1. The van der Waals surface area contributed by atoms with Crippen molar-refractivity contribution in [2.45, 2.75) is 12.7 Å². The molecule has 2 aromatic heterocycles. The lowest BCUT2D eigenvalue weighted by atomic mass is 10.0. The minimum atomic E-state index is 0.0764. The molecule has 4 heteroatoms. The number of anilines is 1. The van der Waals surface area contributed by atoms with Crippen molar-refractivity contribution in [2.24, 2.45) is 0 Å². The first-order valence-corrected chi connectivity index (χ1v) is 10.7. The van der Waals surface area contributed by atoms with Crippen LogP contribution in [0.4, 0.5) is 5.69 Å². The third-order valence-electron chi connectivity index (χ3n) is 5.58. The highest BCUT2D eigenvalue weighted by Crippen LogP contribution is 2.46. The van der Waals surface area contributed by atoms with Crippen LogP contribution in [-0.2, 0) is 6.54 Å². The molecule has 3 aromatic carbocycles. The highest BCUT2D eigenvalue weighted by molar-refractivity contribution is 7.10. The number of benzene rings is 3. The minimum Gasteiger partial charge on any atom is -0.341 e. The lowest BCUT2D eigenvalue weighted by Crippen LogP contribution is -2.36. The first kappa shape index (κ1) is 16.6. The first-order valence-electron chi connectivity index (χ1n) is 9.80. The quantitative estimate of drug-likeness (QED) is 0.357. The normalized spacial score (nSPS) is 15.3. The number of hydrogen-bond donors (Lipinski definition) is 0. The molecule has 0 bridgehead atoms. The van der Waals surface area contributed by atoms with Crippen molar-refractivity contribution in [1.29, 1.82) is 0 Å². The molecule has 1 aliphatic rings. The van der Waals surface area contributed by atoms with Crippen LogP contribution >= 0.6 is 11.3 Å². The lowest BCUT2D eigenvalue weighted by molar-refractivity contribution is 0.551. The fourth-order valence-corrected chi connectivity index (χ4v) is 5.16. The van der Waals surface area contributed by atoms with Gasteiger partial charge in [-0.3, -0.25) is 4.57 Å². The van der Waals surface area contributed by atoms with E-state index in [0.29, 0.717) is 0 Å². The molecule has 1 atom stereocenters. The monoisotopic (exact) mass is 393 g/mol. The molecule has 0 fully saturated rings. The Bertz CT molecular complexity index is 1290. The van der Waals surface area contributed by atoms with Crippen LogP contribution in [0.15, 0.2) is 96.4 Å². The second-order valence-corrected chi connectivity index (χ2v) is 8.29. The van der Waals surface area contributed by atoms with Gasteiger partial charge < -0.3 is 4.90 Å². The maximum absolute atomic E-state index is 5.04. The second-order valence-electron chi connectivity index (χ2n) is 7.31. The fraction of sp³-hybridized carbons (Fsp3) is 0.0800. The van der Waals surface area contributed by atoms with Crippen LogP contribution < -0.4 is 4.90 Å². The number of nitrogens with zero attached hydrogens (tertiary/aromatic N) is 3. The third-order valence-corrected chi connectivity index (χ3v) is 6.50. The van der Waals surface area contributed by atoms with E-state index in [0.717, 1.165) is 17.9 Å². The van der Waals surface area contributed by atoms with E-state index in [4.69, 9.17) is 4.98 Å². The van der Waals surface area contributed by atoms with E-state index in [9.17, 15) is 0 Å². The van der Waals surface area contributed by atoms with E-state index in [1.54, 1.807) is 11.3 Å². The fourth-order valence-electron chi connectivity index (χ4n) is 4.34. The zero-order chi connectivity index (χ0) is 19.2. The van der Waals surface area contributed by atoms with Gasteiger partial charge in [0.2, 0.25) is 0 Å². The summed E-state index contributed by atoms with van der Waals surface area (Å²) in [5.41, 5.74) is 5.94. The molecule has 1 aliphatic heterocycles. The standard InChI is InChI=1S/C25H19N3S/c1-2-9-18(10-3-1)17-27-21-13-6-4-11-19(21)24-26-20-12-5-7-14-22(20)28(24)25(27)23-15-8-16-29-23/h1-16,25H,17H2. The van der Waals surface area contributed by atoms with Crippen LogP contribution in [0.1, 0.15) is 16.6 Å². The summed E-state index contributed by atoms with van der Waals surface area (Å²) in [6.45, 7) is 0.840. The summed E-state index contributed by atoms with van der Waals surface area (Å²) in [6.07, 6.45) is 0.0764. The van der Waals surface area contributed by atoms with Gasteiger partial charge in [-0.15, -0.1) is 11.3 Å². The van der Waals surface area contributed by atoms with Crippen molar-refractivity contribution in [3.8, 4) is 11.4 Å². The largest absolute Gasteiger partial charge is 0.341 e. The summed E-state index contributed by atoms with van der Waals surface area (Å²) in [4.78, 5) is 8.87. The lowest BCUT2D eigenvalue weighted by Gasteiger charge is -2.40. The summed E-state index contributed by atoms with van der Waals surface area (Å²) in [6, 6.07) is 32.2.